The van der Waals surface area contributed by atoms with Crippen LogP contribution in [0, 0.1) is 11.7 Å². The van der Waals surface area contributed by atoms with E-state index in [9.17, 15) is 14.0 Å². The lowest BCUT2D eigenvalue weighted by Gasteiger charge is -2.21. The summed E-state index contributed by atoms with van der Waals surface area (Å²) in [6, 6.07) is 10.2. The Kier molecular flexibility index (Phi) is 5.90. The van der Waals surface area contributed by atoms with Gasteiger partial charge in [-0.1, -0.05) is 31.4 Å². The monoisotopic (exact) mass is 395 g/mol. The highest BCUT2D eigenvalue weighted by Gasteiger charge is 2.22. The first-order chi connectivity index (χ1) is 14.1. The summed E-state index contributed by atoms with van der Waals surface area (Å²) < 4.78 is 14.8. The van der Waals surface area contributed by atoms with Crippen molar-refractivity contribution in [3.8, 4) is 0 Å². The summed E-state index contributed by atoms with van der Waals surface area (Å²) in [5.41, 5.74) is 2.75. The van der Waals surface area contributed by atoms with E-state index in [-0.39, 0.29) is 23.3 Å². The predicted octanol–water partition coefficient (Wildman–Crippen LogP) is 4.24. The van der Waals surface area contributed by atoms with E-state index in [2.05, 4.69) is 16.0 Å². The van der Waals surface area contributed by atoms with E-state index in [1.807, 2.05) is 6.07 Å². The summed E-state index contributed by atoms with van der Waals surface area (Å²) in [5.74, 6) is -0.706. The molecule has 3 N–H and O–H groups in total. The molecule has 152 valence electrons. The van der Waals surface area contributed by atoms with E-state index in [1.54, 1.807) is 30.3 Å². The molecule has 2 aromatic carbocycles. The second kappa shape index (κ2) is 8.74. The minimum absolute atomic E-state index is 0.0107. The first-order valence-electron chi connectivity index (χ1n) is 10.3. The molecule has 2 aromatic rings. The number of hydrogen-bond acceptors (Lipinski definition) is 3. The fourth-order valence-corrected chi connectivity index (χ4v) is 4.17. The number of hydrogen-bond donors (Lipinski definition) is 3. The normalized spacial score (nSPS) is 16.7. The summed E-state index contributed by atoms with van der Waals surface area (Å²) >= 11 is 0. The maximum atomic E-state index is 14.8. The van der Waals surface area contributed by atoms with Crippen LogP contribution in [-0.2, 0) is 17.8 Å². The number of carbonyl (C=O) groups excluding carboxylic acids is 2. The summed E-state index contributed by atoms with van der Waals surface area (Å²) in [6.45, 7) is 1.37. The van der Waals surface area contributed by atoms with Gasteiger partial charge in [-0.3, -0.25) is 9.59 Å². The van der Waals surface area contributed by atoms with E-state index >= 15 is 0 Å². The maximum Gasteiger partial charge on any atom is 0.255 e. The average Bonchev–Trinajstić information content (AvgIpc) is 2.76. The van der Waals surface area contributed by atoms with Gasteiger partial charge in [0.25, 0.3) is 5.91 Å². The quantitative estimate of drug-likeness (QED) is 0.725. The van der Waals surface area contributed by atoms with Gasteiger partial charge in [0.1, 0.15) is 5.82 Å². The minimum Gasteiger partial charge on any atom is -0.326 e. The third-order valence-corrected chi connectivity index (χ3v) is 5.82. The summed E-state index contributed by atoms with van der Waals surface area (Å²) in [6.07, 6.45) is 5.80. The SMILES string of the molecule is O=C(Nc1ccc2c(c1F)CCNC2)c1cccc(NC(=O)C2CCCCC2)c1. The minimum atomic E-state index is -0.397. The lowest BCUT2D eigenvalue weighted by molar-refractivity contribution is -0.120. The van der Waals surface area contributed by atoms with Gasteiger partial charge in [0.2, 0.25) is 5.91 Å². The topological polar surface area (TPSA) is 70.2 Å². The zero-order chi connectivity index (χ0) is 20.2. The Morgan fingerprint density at radius 2 is 1.86 bits per heavy atom. The number of fused-ring (bicyclic) bond motifs is 1. The van der Waals surface area contributed by atoms with E-state index in [0.717, 1.165) is 37.8 Å². The number of benzene rings is 2. The van der Waals surface area contributed by atoms with Crippen molar-refractivity contribution < 1.29 is 14.0 Å². The first-order valence-corrected chi connectivity index (χ1v) is 10.3. The van der Waals surface area contributed by atoms with Crippen LogP contribution in [0.1, 0.15) is 53.6 Å². The molecule has 5 nitrogen and oxygen atoms in total. The van der Waals surface area contributed by atoms with Crippen molar-refractivity contribution in [3.63, 3.8) is 0 Å². The molecule has 0 atom stereocenters. The zero-order valence-electron chi connectivity index (χ0n) is 16.4. The van der Waals surface area contributed by atoms with E-state index < -0.39 is 5.91 Å². The van der Waals surface area contributed by atoms with Crippen LogP contribution in [0.3, 0.4) is 0 Å². The van der Waals surface area contributed by atoms with Gasteiger partial charge in [-0.05, 0) is 61.2 Å². The molecule has 1 saturated carbocycles. The highest BCUT2D eigenvalue weighted by molar-refractivity contribution is 6.05. The smallest absolute Gasteiger partial charge is 0.255 e. The number of rotatable bonds is 4. The molecule has 0 radical (unpaired) electrons. The Balaban J connectivity index is 1.45. The number of amides is 2. The molecule has 4 rings (SSSR count). The van der Waals surface area contributed by atoms with Crippen molar-refractivity contribution in [1.82, 2.24) is 5.32 Å². The standard InChI is InChI=1S/C23H26FN3O2/c24-21-19-11-12-25-14-17(19)9-10-20(21)27-23(29)16-7-4-8-18(13-16)26-22(28)15-5-2-1-3-6-15/h4,7-10,13,15,25H,1-3,5-6,11-12,14H2,(H,26,28)(H,27,29). The van der Waals surface area contributed by atoms with Gasteiger partial charge in [-0.2, -0.15) is 0 Å². The molecule has 29 heavy (non-hydrogen) atoms. The first kappa shape index (κ1) is 19.6. The van der Waals surface area contributed by atoms with Gasteiger partial charge in [-0.25, -0.2) is 4.39 Å². The van der Waals surface area contributed by atoms with E-state index in [4.69, 9.17) is 0 Å². The van der Waals surface area contributed by atoms with Crippen LogP contribution in [0.5, 0.6) is 0 Å². The number of carbonyl (C=O) groups is 2. The Labute approximate surface area is 170 Å². The van der Waals surface area contributed by atoms with Gasteiger partial charge in [-0.15, -0.1) is 0 Å². The molecule has 0 aromatic heterocycles. The zero-order valence-corrected chi connectivity index (χ0v) is 16.4. The van der Waals surface area contributed by atoms with Crippen molar-refractivity contribution >= 4 is 23.2 Å². The maximum absolute atomic E-state index is 14.8. The molecule has 1 aliphatic carbocycles. The van der Waals surface area contributed by atoms with Gasteiger partial charge >= 0.3 is 0 Å². The van der Waals surface area contributed by atoms with Crippen molar-refractivity contribution in [3.05, 3.63) is 58.9 Å². The molecule has 1 aliphatic heterocycles. The van der Waals surface area contributed by atoms with Crippen LogP contribution in [0.4, 0.5) is 15.8 Å². The summed E-state index contributed by atoms with van der Waals surface area (Å²) in [4.78, 5) is 25.1. The van der Waals surface area contributed by atoms with Crippen molar-refractivity contribution in [1.29, 1.82) is 0 Å². The fraction of sp³-hybridized carbons (Fsp3) is 0.391. The van der Waals surface area contributed by atoms with Crippen LogP contribution in [-0.4, -0.2) is 18.4 Å². The van der Waals surface area contributed by atoms with Crippen LogP contribution < -0.4 is 16.0 Å². The molecule has 0 saturated heterocycles. The van der Waals surface area contributed by atoms with Crippen LogP contribution >= 0.6 is 0 Å². The molecular weight excluding hydrogens is 369 g/mol. The van der Waals surface area contributed by atoms with E-state index in [1.165, 1.54) is 6.42 Å². The summed E-state index contributed by atoms with van der Waals surface area (Å²) in [7, 11) is 0. The Morgan fingerprint density at radius 1 is 1.03 bits per heavy atom. The van der Waals surface area contributed by atoms with Gasteiger partial charge in [0.05, 0.1) is 5.69 Å². The lowest BCUT2D eigenvalue weighted by atomic mass is 9.88. The molecule has 6 heteroatoms. The number of nitrogens with one attached hydrogen (secondary N) is 3. The van der Waals surface area contributed by atoms with E-state index in [0.29, 0.717) is 29.8 Å². The predicted molar refractivity (Wildman–Crippen MR) is 111 cm³/mol. The Bertz CT molecular complexity index is 922. The average molecular weight is 395 g/mol. The number of anilines is 2. The second-order valence-corrected chi connectivity index (χ2v) is 7.85. The Hall–Kier alpha value is -2.73. The van der Waals surface area contributed by atoms with Crippen LogP contribution in [0.2, 0.25) is 0 Å². The van der Waals surface area contributed by atoms with Crippen LogP contribution in [0.25, 0.3) is 0 Å². The molecule has 2 aliphatic rings. The van der Waals surface area contributed by atoms with Gasteiger partial charge in [0, 0.05) is 23.7 Å². The van der Waals surface area contributed by atoms with Crippen molar-refractivity contribution in [2.24, 2.45) is 5.92 Å². The molecule has 0 spiro atoms. The summed E-state index contributed by atoms with van der Waals surface area (Å²) in [5, 5.41) is 8.81. The largest absolute Gasteiger partial charge is 0.326 e. The third-order valence-electron chi connectivity index (χ3n) is 5.82. The number of halogens is 1. The van der Waals surface area contributed by atoms with Crippen LogP contribution in [0.15, 0.2) is 36.4 Å². The lowest BCUT2D eigenvalue weighted by Crippen LogP contribution is -2.25. The van der Waals surface area contributed by atoms with Crippen molar-refractivity contribution in [2.75, 3.05) is 17.2 Å². The fourth-order valence-electron chi connectivity index (χ4n) is 4.17. The molecular formula is C23H26FN3O2. The third kappa shape index (κ3) is 4.48. The molecule has 1 heterocycles. The Morgan fingerprint density at radius 3 is 2.69 bits per heavy atom. The molecule has 2 amide bonds. The van der Waals surface area contributed by atoms with Gasteiger partial charge in [0.15, 0.2) is 0 Å². The highest BCUT2D eigenvalue weighted by Crippen LogP contribution is 2.26. The molecule has 0 bridgehead atoms. The molecule has 1 fully saturated rings. The highest BCUT2D eigenvalue weighted by atomic mass is 19.1. The van der Waals surface area contributed by atoms with Gasteiger partial charge < -0.3 is 16.0 Å². The molecule has 0 unspecified atom stereocenters. The second-order valence-electron chi connectivity index (χ2n) is 7.85. The van der Waals surface area contributed by atoms with Crippen molar-refractivity contribution in [2.45, 2.75) is 45.1 Å².